The highest BCUT2D eigenvalue weighted by atomic mass is 32.2. The molecular weight excluding hydrogens is 310 g/mol. The zero-order chi connectivity index (χ0) is 15.1. The standard InChI is InChI=1S/C12H9F4N3OS/c13-5-21(20)12-17-11-9(16)4-10(19(11)18-12)6-1-7(14)3-8(15)2-6/h1-3,9-10H,4-5H2/t9-,10-,21-/m0/s1. The molecule has 0 fully saturated rings. The molecule has 0 saturated carbocycles. The maximum Gasteiger partial charge on any atom is 0.241 e. The molecule has 0 amide bonds. The fraction of sp³-hybridized carbons (Fsp3) is 0.333. The quantitative estimate of drug-likeness (QED) is 0.817. The first-order valence-electron chi connectivity index (χ1n) is 6.00. The van der Waals surface area contributed by atoms with E-state index in [1.807, 2.05) is 0 Å². The fourth-order valence-corrected chi connectivity index (χ4v) is 2.82. The lowest BCUT2D eigenvalue weighted by molar-refractivity contribution is 0.326. The van der Waals surface area contributed by atoms with Crippen molar-refractivity contribution in [3.05, 3.63) is 41.2 Å². The molecular formula is C12H9F4N3OS. The van der Waals surface area contributed by atoms with E-state index in [2.05, 4.69) is 10.1 Å². The van der Waals surface area contributed by atoms with E-state index in [0.29, 0.717) is 6.07 Å². The van der Waals surface area contributed by atoms with Crippen molar-refractivity contribution in [1.82, 2.24) is 14.8 Å². The van der Waals surface area contributed by atoms with Gasteiger partial charge in [0, 0.05) is 12.5 Å². The lowest BCUT2D eigenvalue weighted by Gasteiger charge is -2.12. The van der Waals surface area contributed by atoms with E-state index in [1.54, 1.807) is 0 Å². The molecule has 1 aromatic carbocycles. The van der Waals surface area contributed by atoms with Gasteiger partial charge >= 0.3 is 0 Å². The number of halogens is 4. The third-order valence-electron chi connectivity index (χ3n) is 3.22. The van der Waals surface area contributed by atoms with Crippen molar-refractivity contribution in [3.8, 4) is 0 Å². The number of rotatable bonds is 3. The molecule has 1 aromatic heterocycles. The van der Waals surface area contributed by atoms with E-state index < -0.39 is 40.7 Å². The summed E-state index contributed by atoms with van der Waals surface area (Å²) in [5.74, 6) is -1.69. The molecule has 0 N–H and O–H groups in total. The molecule has 112 valence electrons. The molecule has 0 saturated heterocycles. The molecule has 0 radical (unpaired) electrons. The van der Waals surface area contributed by atoms with Crippen molar-refractivity contribution in [3.63, 3.8) is 0 Å². The molecule has 4 nitrogen and oxygen atoms in total. The number of hydrogen-bond acceptors (Lipinski definition) is 3. The highest BCUT2D eigenvalue weighted by Crippen LogP contribution is 2.39. The van der Waals surface area contributed by atoms with Crippen LogP contribution in [0.25, 0.3) is 0 Å². The summed E-state index contributed by atoms with van der Waals surface area (Å²) in [5.41, 5.74) is 0.191. The van der Waals surface area contributed by atoms with Crippen molar-refractivity contribution in [2.45, 2.75) is 23.8 Å². The second-order valence-electron chi connectivity index (χ2n) is 4.57. The number of benzene rings is 1. The molecule has 1 aliphatic heterocycles. The molecule has 0 aliphatic carbocycles. The summed E-state index contributed by atoms with van der Waals surface area (Å²) in [5, 5.41) is 3.49. The summed E-state index contributed by atoms with van der Waals surface area (Å²) >= 11 is 0. The van der Waals surface area contributed by atoms with Crippen LogP contribution in [0.2, 0.25) is 0 Å². The van der Waals surface area contributed by atoms with Crippen LogP contribution in [0.15, 0.2) is 23.4 Å². The number of aromatic nitrogens is 3. The predicted molar refractivity (Wildman–Crippen MR) is 65.4 cm³/mol. The van der Waals surface area contributed by atoms with Gasteiger partial charge in [-0.3, -0.25) is 0 Å². The van der Waals surface area contributed by atoms with Crippen LogP contribution in [-0.4, -0.2) is 25.0 Å². The van der Waals surface area contributed by atoms with Gasteiger partial charge < -0.3 is 0 Å². The molecule has 0 unspecified atom stereocenters. The van der Waals surface area contributed by atoms with Crippen LogP contribution in [0.5, 0.6) is 0 Å². The Morgan fingerprint density at radius 2 is 1.95 bits per heavy atom. The Morgan fingerprint density at radius 3 is 2.57 bits per heavy atom. The highest BCUT2D eigenvalue weighted by molar-refractivity contribution is 7.84. The van der Waals surface area contributed by atoms with E-state index >= 15 is 0 Å². The van der Waals surface area contributed by atoms with Crippen LogP contribution in [0, 0.1) is 11.6 Å². The van der Waals surface area contributed by atoms with Crippen LogP contribution in [0.4, 0.5) is 17.6 Å². The van der Waals surface area contributed by atoms with Gasteiger partial charge in [-0.25, -0.2) is 31.4 Å². The van der Waals surface area contributed by atoms with Gasteiger partial charge in [0.15, 0.2) is 18.0 Å². The molecule has 9 heteroatoms. The summed E-state index contributed by atoms with van der Waals surface area (Å²) in [6.45, 7) is 0. The molecule has 2 aromatic rings. The topological polar surface area (TPSA) is 47.8 Å². The molecule has 2 heterocycles. The molecule has 3 atom stereocenters. The normalized spacial score (nSPS) is 22.3. The number of alkyl halides is 2. The second kappa shape index (κ2) is 5.21. The first kappa shape index (κ1) is 14.2. The van der Waals surface area contributed by atoms with Crippen molar-refractivity contribution in [1.29, 1.82) is 0 Å². The second-order valence-corrected chi connectivity index (χ2v) is 5.85. The van der Waals surface area contributed by atoms with Crippen LogP contribution in [0.1, 0.15) is 30.0 Å². The smallest absolute Gasteiger partial charge is 0.241 e. The molecule has 0 bridgehead atoms. The van der Waals surface area contributed by atoms with Crippen LogP contribution >= 0.6 is 0 Å². The predicted octanol–water partition coefficient (Wildman–Crippen LogP) is 2.59. The molecule has 21 heavy (non-hydrogen) atoms. The Balaban J connectivity index is 2.04. The first-order chi connectivity index (χ1) is 9.99. The van der Waals surface area contributed by atoms with Gasteiger partial charge in [0.1, 0.15) is 22.4 Å². The summed E-state index contributed by atoms with van der Waals surface area (Å²) in [6, 6.07) is 0.904. The molecule has 3 rings (SSSR count). The van der Waals surface area contributed by atoms with E-state index in [0.717, 1.165) is 16.8 Å². The van der Waals surface area contributed by atoms with Crippen LogP contribution < -0.4 is 0 Å². The Morgan fingerprint density at radius 1 is 1.29 bits per heavy atom. The highest BCUT2D eigenvalue weighted by Gasteiger charge is 2.36. The Bertz CT molecular complexity index is 700. The fourth-order valence-electron chi connectivity index (χ4n) is 2.35. The number of nitrogens with zero attached hydrogens (tertiary/aromatic N) is 3. The number of hydrogen-bond donors (Lipinski definition) is 0. The van der Waals surface area contributed by atoms with Crippen molar-refractivity contribution < 1.29 is 21.8 Å². The van der Waals surface area contributed by atoms with Gasteiger partial charge in [-0.2, -0.15) is 0 Å². The van der Waals surface area contributed by atoms with E-state index in [1.165, 1.54) is 0 Å². The Hall–Kier alpha value is -1.77. The average Bonchev–Trinajstić information content (AvgIpc) is 2.98. The average molecular weight is 319 g/mol. The third-order valence-corrected chi connectivity index (χ3v) is 3.99. The third kappa shape index (κ3) is 2.45. The largest absolute Gasteiger partial charge is 0.248 e. The number of fused-ring (bicyclic) bond motifs is 1. The Labute approximate surface area is 119 Å². The lowest BCUT2D eigenvalue weighted by Crippen LogP contribution is -2.09. The summed E-state index contributed by atoms with van der Waals surface area (Å²) in [4.78, 5) is 3.71. The van der Waals surface area contributed by atoms with Crippen LogP contribution in [-0.2, 0) is 10.8 Å². The van der Waals surface area contributed by atoms with Gasteiger partial charge in [0.2, 0.25) is 5.16 Å². The first-order valence-corrected chi connectivity index (χ1v) is 7.32. The van der Waals surface area contributed by atoms with E-state index in [9.17, 15) is 21.8 Å². The maximum atomic E-state index is 13.9. The summed E-state index contributed by atoms with van der Waals surface area (Å²) in [7, 11) is -2.07. The van der Waals surface area contributed by atoms with Crippen molar-refractivity contribution in [2.75, 3.05) is 6.01 Å². The van der Waals surface area contributed by atoms with Gasteiger partial charge in [0.05, 0.1) is 6.04 Å². The van der Waals surface area contributed by atoms with Crippen LogP contribution in [0.3, 0.4) is 0 Å². The summed E-state index contributed by atoms with van der Waals surface area (Å²) in [6.07, 6.45) is -1.60. The minimum absolute atomic E-state index is 0.0826. The summed E-state index contributed by atoms with van der Waals surface area (Å²) < 4.78 is 65.3. The van der Waals surface area contributed by atoms with Gasteiger partial charge in [0.25, 0.3) is 0 Å². The zero-order valence-corrected chi connectivity index (χ0v) is 11.3. The van der Waals surface area contributed by atoms with Gasteiger partial charge in [-0.05, 0) is 17.7 Å². The Kier molecular flexibility index (Phi) is 3.52. The van der Waals surface area contributed by atoms with Crippen molar-refractivity contribution >= 4 is 10.8 Å². The van der Waals surface area contributed by atoms with E-state index in [-0.39, 0.29) is 23.0 Å². The van der Waals surface area contributed by atoms with Crippen molar-refractivity contribution in [2.24, 2.45) is 0 Å². The molecule has 0 spiro atoms. The minimum atomic E-state index is -2.07. The monoisotopic (exact) mass is 319 g/mol. The van der Waals surface area contributed by atoms with E-state index in [4.69, 9.17) is 0 Å². The zero-order valence-electron chi connectivity index (χ0n) is 10.5. The van der Waals surface area contributed by atoms with Gasteiger partial charge in [-0.1, -0.05) is 0 Å². The minimum Gasteiger partial charge on any atom is -0.248 e. The lowest BCUT2D eigenvalue weighted by atomic mass is 10.0. The molecule has 1 aliphatic rings. The maximum absolute atomic E-state index is 13.9. The SMILES string of the molecule is O=[S@@](CF)c1nc2n(n1)[C@H](c1cc(F)cc(F)c1)C[C@@H]2F. The van der Waals surface area contributed by atoms with Gasteiger partial charge in [-0.15, -0.1) is 5.10 Å².